The van der Waals surface area contributed by atoms with Crippen molar-refractivity contribution in [2.75, 3.05) is 12.3 Å². The number of hydrogen-bond donors (Lipinski definition) is 0. The predicted molar refractivity (Wildman–Crippen MR) is 90.5 cm³/mol. The highest BCUT2D eigenvalue weighted by atomic mass is 31.2. The molecule has 1 aliphatic heterocycles. The van der Waals surface area contributed by atoms with Crippen molar-refractivity contribution in [2.45, 2.75) is 52.7 Å². The van der Waals surface area contributed by atoms with Crippen LogP contribution in [-0.4, -0.2) is 30.6 Å². The van der Waals surface area contributed by atoms with Crippen LogP contribution in [0.4, 0.5) is 0 Å². The Morgan fingerprint density at radius 1 is 0.952 bits per heavy atom. The van der Waals surface area contributed by atoms with E-state index >= 15 is 0 Å². The minimum atomic E-state index is -2.22. The van der Waals surface area contributed by atoms with Crippen molar-refractivity contribution < 1.29 is 13.9 Å². The Morgan fingerprint density at radius 2 is 1.38 bits per heavy atom. The van der Waals surface area contributed by atoms with E-state index in [1.807, 2.05) is 65.8 Å². The van der Waals surface area contributed by atoms with Crippen LogP contribution >= 0.6 is 7.14 Å². The lowest BCUT2D eigenvalue weighted by molar-refractivity contribution is 0.00578. The highest BCUT2D eigenvalue weighted by molar-refractivity contribution is 7.71. The zero-order valence-corrected chi connectivity index (χ0v) is 14.9. The van der Waals surface area contributed by atoms with Crippen LogP contribution in [0.3, 0.4) is 0 Å². The van der Waals surface area contributed by atoms with Crippen LogP contribution in [0.2, 0.25) is 0 Å². The summed E-state index contributed by atoms with van der Waals surface area (Å²) in [5, 5.41) is 0.952. The van der Waals surface area contributed by atoms with E-state index in [9.17, 15) is 4.57 Å². The standard InChI is InChI=1S/C16H26BO3P/c1-7-21(18,8-2)14-11-9-13(10-12-14)17-19-15(3,4)16(5,6)20-17/h9-12H,7-8H2,1-6H3. The Balaban J connectivity index is 2.24. The summed E-state index contributed by atoms with van der Waals surface area (Å²) in [5.74, 6) is 0. The van der Waals surface area contributed by atoms with E-state index in [0.717, 1.165) is 10.8 Å². The summed E-state index contributed by atoms with van der Waals surface area (Å²) in [7, 11) is -2.57. The molecule has 0 saturated carbocycles. The van der Waals surface area contributed by atoms with Gasteiger partial charge in [-0.2, -0.15) is 0 Å². The topological polar surface area (TPSA) is 35.5 Å². The first kappa shape index (κ1) is 16.8. The average Bonchev–Trinajstić information content (AvgIpc) is 2.67. The Morgan fingerprint density at radius 3 is 1.76 bits per heavy atom. The zero-order valence-electron chi connectivity index (χ0n) is 14.0. The molecule has 0 aromatic heterocycles. The van der Waals surface area contributed by atoms with Crippen molar-refractivity contribution in [3.63, 3.8) is 0 Å². The van der Waals surface area contributed by atoms with E-state index in [4.69, 9.17) is 9.31 Å². The third-order valence-electron chi connectivity index (χ3n) is 4.91. The van der Waals surface area contributed by atoms with Gasteiger partial charge in [0.15, 0.2) is 0 Å². The number of benzene rings is 1. The van der Waals surface area contributed by atoms with E-state index < -0.39 is 7.14 Å². The van der Waals surface area contributed by atoms with Gasteiger partial charge in [-0.15, -0.1) is 0 Å². The second-order valence-corrected chi connectivity index (χ2v) is 10.3. The maximum Gasteiger partial charge on any atom is 0.494 e. The molecule has 0 unspecified atom stereocenters. The fourth-order valence-electron chi connectivity index (χ4n) is 2.47. The predicted octanol–water partition coefficient (Wildman–Crippen LogP) is 3.01. The van der Waals surface area contributed by atoms with Crippen LogP contribution < -0.4 is 10.8 Å². The van der Waals surface area contributed by atoms with Crippen LogP contribution in [0.15, 0.2) is 24.3 Å². The summed E-state index contributed by atoms with van der Waals surface area (Å²) in [6.45, 7) is 12.2. The van der Waals surface area contributed by atoms with Gasteiger partial charge in [-0.25, -0.2) is 0 Å². The van der Waals surface area contributed by atoms with E-state index in [2.05, 4.69) is 0 Å². The first-order valence-electron chi connectivity index (χ1n) is 7.69. The molecule has 0 radical (unpaired) electrons. The van der Waals surface area contributed by atoms with E-state index in [0.29, 0.717) is 12.3 Å². The quantitative estimate of drug-likeness (QED) is 0.633. The van der Waals surface area contributed by atoms with Crippen molar-refractivity contribution in [1.82, 2.24) is 0 Å². The largest absolute Gasteiger partial charge is 0.494 e. The van der Waals surface area contributed by atoms with Gasteiger partial charge in [-0.05, 0) is 33.2 Å². The average molecular weight is 308 g/mol. The molecule has 1 saturated heterocycles. The van der Waals surface area contributed by atoms with Gasteiger partial charge in [0.25, 0.3) is 0 Å². The van der Waals surface area contributed by atoms with Crippen LogP contribution in [-0.2, 0) is 13.9 Å². The molecule has 0 spiro atoms. The molecule has 1 aromatic rings. The minimum Gasteiger partial charge on any atom is -0.399 e. The molecule has 5 heteroatoms. The summed E-state index contributed by atoms with van der Waals surface area (Å²) in [5.41, 5.74) is 0.313. The Bertz CT molecular complexity index is 527. The second kappa shape index (κ2) is 5.57. The maximum atomic E-state index is 12.7. The molecule has 0 bridgehead atoms. The van der Waals surface area contributed by atoms with Crippen LogP contribution in [0.1, 0.15) is 41.5 Å². The molecule has 0 amide bonds. The molecule has 0 N–H and O–H groups in total. The van der Waals surface area contributed by atoms with Gasteiger partial charge in [0.05, 0.1) is 11.2 Å². The van der Waals surface area contributed by atoms with Crippen molar-refractivity contribution in [3.05, 3.63) is 24.3 Å². The number of hydrogen-bond acceptors (Lipinski definition) is 3. The van der Waals surface area contributed by atoms with Crippen LogP contribution in [0.25, 0.3) is 0 Å². The maximum absolute atomic E-state index is 12.7. The van der Waals surface area contributed by atoms with Gasteiger partial charge in [-0.3, -0.25) is 0 Å². The summed E-state index contributed by atoms with van der Waals surface area (Å²) >= 11 is 0. The summed E-state index contributed by atoms with van der Waals surface area (Å²) < 4.78 is 24.8. The summed E-state index contributed by atoms with van der Waals surface area (Å²) in [6.07, 6.45) is 1.42. The molecule has 2 rings (SSSR count). The number of rotatable bonds is 4. The van der Waals surface area contributed by atoms with Crippen LogP contribution in [0.5, 0.6) is 0 Å². The normalized spacial score (nSPS) is 20.8. The van der Waals surface area contributed by atoms with E-state index in [-0.39, 0.29) is 18.3 Å². The Kier molecular flexibility index (Phi) is 4.46. The molecular weight excluding hydrogens is 282 g/mol. The Labute approximate surface area is 128 Å². The Hall–Kier alpha value is -0.565. The molecule has 1 aliphatic rings. The van der Waals surface area contributed by atoms with Gasteiger partial charge in [0, 0.05) is 17.6 Å². The van der Waals surface area contributed by atoms with Gasteiger partial charge < -0.3 is 13.9 Å². The molecule has 21 heavy (non-hydrogen) atoms. The zero-order chi connectivity index (χ0) is 15.9. The third kappa shape index (κ3) is 2.99. The molecular formula is C16H26BO3P. The fourth-order valence-corrected chi connectivity index (χ4v) is 4.34. The first-order chi connectivity index (χ1) is 9.65. The minimum absolute atomic E-state index is 0.335. The van der Waals surface area contributed by atoms with Gasteiger partial charge in [-0.1, -0.05) is 38.1 Å². The van der Waals surface area contributed by atoms with E-state index in [1.165, 1.54) is 0 Å². The lowest BCUT2D eigenvalue weighted by atomic mass is 9.79. The smallest absolute Gasteiger partial charge is 0.399 e. The molecule has 1 aromatic carbocycles. The lowest BCUT2D eigenvalue weighted by Crippen LogP contribution is -2.41. The summed E-state index contributed by atoms with van der Waals surface area (Å²) in [6, 6.07) is 7.90. The molecule has 1 heterocycles. The molecule has 116 valence electrons. The van der Waals surface area contributed by atoms with Crippen molar-refractivity contribution in [2.24, 2.45) is 0 Å². The van der Waals surface area contributed by atoms with Gasteiger partial charge in [0.2, 0.25) is 0 Å². The lowest BCUT2D eigenvalue weighted by Gasteiger charge is -2.32. The SMILES string of the molecule is CCP(=O)(CC)c1ccc(B2OC(C)(C)C(C)(C)O2)cc1. The van der Waals surface area contributed by atoms with E-state index in [1.54, 1.807) is 0 Å². The molecule has 1 fully saturated rings. The van der Waals surface area contributed by atoms with Gasteiger partial charge in [0.1, 0.15) is 7.14 Å². The highest BCUT2D eigenvalue weighted by Gasteiger charge is 2.51. The summed E-state index contributed by atoms with van der Waals surface area (Å²) in [4.78, 5) is 0. The van der Waals surface area contributed by atoms with Crippen molar-refractivity contribution >= 4 is 25.0 Å². The second-order valence-electron chi connectivity index (χ2n) is 6.70. The molecule has 3 nitrogen and oxygen atoms in total. The van der Waals surface area contributed by atoms with Crippen molar-refractivity contribution in [3.8, 4) is 0 Å². The molecule has 0 aliphatic carbocycles. The van der Waals surface area contributed by atoms with Gasteiger partial charge >= 0.3 is 7.12 Å². The highest BCUT2D eigenvalue weighted by Crippen LogP contribution is 2.43. The first-order valence-corrected chi connectivity index (χ1v) is 9.77. The third-order valence-corrected chi connectivity index (χ3v) is 8.19. The van der Waals surface area contributed by atoms with Crippen molar-refractivity contribution in [1.29, 1.82) is 0 Å². The fraction of sp³-hybridized carbons (Fsp3) is 0.625. The monoisotopic (exact) mass is 308 g/mol. The molecule has 0 atom stereocenters. The van der Waals surface area contributed by atoms with Crippen LogP contribution in [0, 0.1) is 0 Å².